The first-order valence-electron chi connectivity index (χ1n) is 6.95. The molecule has 1 aromatic rings. The Kier molecular flexibility index (Phi) is 3.84. The second kappa shape index (κ2) is 5.27. The summed E-state index contributed by atoms with van der Waals surface area (Å²) in [5.41, 5.74) is 2.96. The highest BCUT2D eigenvalue weighted by Gasteiger charge is 2.42. The zero-order valence-electron chi connectivity index (χ0n) is 12.4. The summed E-state index contributed by atoms with van der Waals surface area (Å²) < 4.78 is 0. The number of carbonyl (C=O) groups excluding carboxylic acids is 1. The summed E-state index contributed by atoms with van der Waals surface area (Å²) in [5, 5.41) is 9.41. The molecule has 0 aliphatic carbocycles. The van der Waals surface area contributed by atoms with Gasteiger partial charge in [-0.1, -0.05) is 24.6 Å². The minimum absolute atomic E-state index is 0.00875. The molecule has 1 N–H and O–H groups in total. The van der Waals surface area contributed by atoms with Crippen molar-refractivity contribution in [2.75, 3.05) is 4.90 Å². The Labute approximate surface area is 119 Å². The number of carboxylic acid groups (broad SMARTS) is 1. The van der Waals surface area contributed by atoms with Crippen molar-refractivity contribution in [3.63, 3.8) is 0 Å². The van der Waals surface area contributed by atoms with Crippen LogP contribution in [0.4, 0.5) is 5.69 Å². The van der Waals surface area contributed by atoms with Crippen LogP contribution in [0.2, 0.25) is 0 Å². The fourth-order valence-electron chi connectivity index (χ4n) is 3.24. The second-order valence-electron chi connectivity index (χ2n) is 5.84. The quantitative estimate of drug-likeness (QED) is 0.903. The summed E-state index contributed by atoms with van der Waals surface area (Å²) >= 11 is 0. The molecule has 0 spiro atoms. The molecular weight excluding hydrogens is 254 g/mol. The molecule has 4 nitrogen and oxygen atoms in total. The summed E-state index contributed by atoms with van der Waals surface area (Å²) in [6, 6.07) is 5.55. The molecule has 2 rings (SSSR count). The molecule has 1 aliphatic rings. The van der Waals surface area contributed by atoms with Crippen molar-refractivity contribution in [1.82, 2.24) is 0 Å². The molecule has 1 amide bonds. The molecule has 0 saturated carbocycles. The molecule has 0 radical (unpaired) electrons. The van der Waals surface area contributed by atoms with Gasteiger partial charge in [0.05, 0.1) is 5.92 Å². The van der Waals surface area contributed by atoms with Gasteiger partial charge in [-0.15, -0.1) is 0 Å². The number of hydrogen-bond donors (Lipinski definition) is 1. The first-order chi connectivity index (χ1) is 9.32. The third kappa shape index (κ3) is 2.42. The third-order valence-electron chi connectivity index (χ3n) is 4.20. The smallest absolute Gasteiger partial charge is 0.308 e. The van der Waals surface area contributed by atoms with Crippen molar-refractivity contribution in [3.05, 3.63) is 29.3 Å². The lowest BCUT2D eigenvalue weighted by Gasteiger charge is -2.41. The van der Waals surface area contributed by atoms with Crippen LogP contribution in [0.1, 0.15) is 31.4 Å². The number of carboxylic acids is 1. The van der Waals surface area contributed by atoms with Crippen LogP contribution in [0.3, 0.4) is 0 Å². The highest BCUT2D eigenvalue weighted by atomic mass is 16.4. The molecular formula is C16H21NO3. The average Bonchev–Trinajstić information content (AvgIpc) is 2.30. The maximum absolute atomic E-state index is 12.4. The number of aryl methyl sites for hydroxylation is 2. The molecule has 1 fully saturated rings. The van der Waals surface area contributed by atoms with E-state index in [-0.39, 0.29) is 24.3 Å². The van der Waals surface area contributed by atoms with Crippen LogP contribution in [0, 0.1) is 25.7 Å². The van der Waals surface area contributed by atoms with Crippen molar-refractivity contribution < 1.29 is 14.7 Å². The standard InChI is InChI=1S/C16H21NO3/c1-9-5-6-13(10(2)7-9)17-12(4)15(16(19)20)11(3)8-14(17)18/h5-7,11-12,15H,8H2,1-4H3,(H,19,20). The number of carbonyl (C=O) groups is 2. The zero-order valence-corrected chi connectivity index (χ0v) is 12.4. The van der Waals surface area contributed by atoms with Crippen molar-refractivity contribution in [3.8, 4) is 0 Å². The molecule has 3 unspecified atom stereocenters. The topological polar surface area (TPSA) is 57.6 Å². The van der Waals surface area contributed by atoms with Gasteiger partial charge in [0.2, 0.25) is 5.91 Å². The summed E-state index contributed by atoms with van der Waals surface area (Å²) in [5.74, 6) is -1.47. The molecule has 3 atom stereocenters. The predicted molar refractivity (Wildman–Crippen MR) is 77.8 cm³/mol. The van der Waals surface area contributed by atoms with Gasteiger partial charge in [-0.3, -0.25) is 9.59 Å². The first-order valence-corrected chi connectivity index (χ1v) is 6.95. The van der Waals surface area contributed by atoms with Crippen LogP contribution in [0.25, 0.3) is 0 Å². The number of anilines is 1. The molecule has 1 aliphatic heterocycles. The molecule has 0 bridgehead atoms. The molecule has 1 aromatic carbocycles. The van der Waals surface area contributed by atoms with Gasteiger partial charge >= 0.3 is 5.97 Å². The van der Waals surface area contributed by atoms with Gasteiger partial charge in [0.15, 0.2) is 0 Å². The van der Waals surface area contributed by atoms with Gasteiger partial charge in [0, 0.05) is 18.2 Å². The van der Waals surface area contributed by atoms with Gasteiger partial charge in [0.25, 0.3) is 0 Å². The average molecular weight is 275 g/mol. The summed E-state index contributed by atoms with van der Waals surface area (Å²) in [6.45, 7) is 7.62. The maximum Gasteiger partial charge on any atom is 0.308 e. The van der Waals surface area contributed by atoms with E-state index in [9.17, 15) is 14.7 Å². The molecule has 108 valence electrons. The van der Waals surface area contributed by atoms with E-state index in [4.69, 9.17) is 0 Å². The van der Waals surface area contributed by atoms with E-state index < -0.39 is 11.9 Å². The van der Waals surface area contributed by atoms with Gasteiger partial charge in [-0.05, 0) is 38.3 Å². The molecule has 1 heterocycles. The van der Waals surface area contributed by atoms with Gasteiger partial charge in [-0.2, -0.15) is 0 Å². The maximum atomic E-state index is 12.4. The Morgan fingerprint density at radius 2 is 1.95 bits per heavy atom. The Morgan fingerprint density at radius 1 is 1.30 bits per heavy atom. The molecule has 20 heavy (non-hydrogen) atoms. The van der Waals surface area contributed by atoms with E-state index in [1.165, 1.54) is 0 Å². The number of piperidine rings is 1. The number of aliphatic carboxylic acids is 1. The minimum Gasteiger partial charge on any atom is -0.481 e. The number of nitrogens with zero attached hydrogens (tertiary/aromatic N) is 1. The number of benzene rings is 1. The lowest BCUT2D eigenvalue weighted by atomic mass is 9.80. The van der Waals surface area contributed by atoms with Gasteiger partial charge in [0.1, 0.15) is 0 Å². The van der Waals surface area contributed by atoms with Crippen molar-refractivity contribution >= 4 is 17.6 Å². The normalized spacial score (nSPS) is 26.7. The molecule has 1 saturated heterocycles. The van der Waals surface area contributed by atoms with E-state index in [2.05, 4.69) is 0 Å². The number of rotatable bonds is 2. The summed E-state index contributed by atoms with van der Waals surface area (Å²) in [6.07, 6.45) is 0.286. The van der Waals surface area contributed by atoms with Crippen molar-refractivity contribution in [1.29, 1.82) is 0 Å². The van der Waals surface area contributed by atoms with Crippen LogP contribution in [-0.4, -0.2) is 23.0 Å². The largest absolute Gasteiger partial charge is 0.481 e. The fourth-order valence-corrected chi connectivity index (χ4v) is 3.24. The van der Waals surface area contributed by atoms with Crippen LogP contribution in [0.5, 0.6) is 0 Å². The Balaban J connectivity index is 2.43. The van der Waals surface area contributed by atoms with Crippen LogP contribution >= 0.6 is 0 Å². The number of amides is 1. The molecule has 4 heteroatoms. The monoisotopic (exact) mass is 275 g/mol. The summed E-state index contributed by atoms with van der Waals surface area (Å²) in [7, 11) is 0. The number of hydrogen-bond acceptors (Lipinski definition) is 2. The van der Waals surface area contributed by atoms with Crippen molar-refractivity contribution in [2.24, 2.45) is 11.8 Å². The zero-order chi connectivity index (χ0) is 15.0. The van der Waals surface area contributed by atoms with E-state index in [1.54, 1.807) is 4.90 Å². The Bertz CT molecular complexity index is 553. The highest BCUT2D eigenvalue weighted by Crippen LogP contribution is 2.35. The highest BCUT2D eigenvalue weighted by molar-refractivity contribution is 5.97. The van der Waals surface area contributed by atoms with Crippen molar-refractivity contribution in [2.45, 2.75) is 40.2 Å². The van der Waals surface area contributed by atoms with Gasteiger partial charge in [-0.25, -0.2) is 0 Å². The third-order valence-corrected chi connectivity index (χ3v) is 4.20. The Morgan fingerprint density at radius 3 is 2.50 bits per heavy atom. The predicted octanol–water partition coefficient (Wildman–Crippen LogP) is 2.77. The van der Waals surface area contributed by atoms with E-state index in [0.717, 1.165) is 16.8 Å². The Hall–Kier alpha value is -1.84. The summed E-state index contributed by atoms with van der Waals surface area (Å²) in [4.78, 5) is 25.5. The second-order valence-corrected chi connectivity index (χ2v) is 5.84. The van der Waals surface area contributed by atoms with E-state index in [0.29, 0.717) is 0 Å². The fraction of sp³-hybridized carbons (Fsp3) is 0.500. The van der Waals surface area contributed by atoms with Crippen LogP contribution < -0.4 is 4.90 Å². The van der Waals surface area contributed by atoms with Crippen LogP contribution in [-0.2, 0) is 9.59 Å². The van der Waals surface area contributed by atoms with E-state index in [1.807, 2.05) is 45.9 Å². The molecule has 0 aromatic heterocycles. The van der Waals surface area contributed by atoms with Gasteiger partial charge < -0.3 is 10.0 Å². The SMILES string of the molecule is Cc1ccc(N2C(=O)CC(C)C(C(=O)O)C2C)c(C)c1. The minimum atomic E-state index is -0.827. The lowest BCUT2D eigenvalue weighted by Crippen LogP contribution is -2.53. The lowest BCUT2D eigenvalue weighted by molar-refractivity contribution is -0.146. The first kappa shape index (κ1) is 14.6. The van der Waals surface area contributed by atoms with E-state index >= 15 is 0 Å². The van der Waals surface area contributed by atoms with Crippen LogP contribution in [0.15, 0.2) is 18.2 Å².